The molecule has 86 valence electrons. The number of amides is 1. The van der Waals surface area contributed by atoms with Crippen LogP contribution in [0, 0.1) is 0 Å². The highest BCUT2D eigenvalue weighted by Crippen LogP contribution is 2.17. The first-order valence-corrected chi connectivity index (χ1v) is 6.06. The third-order valence-electron chi connectivity index (χ3n) is 2.34. The summed E-state index contributed by atoms with van der Waals surface area (Å²) in [5, 5.41) is 6.35. The fraction of sp³-hybridized carbons (Fsp3) is 0.0769. The number of thiophene rings is 1. The molecule has 2 rings (SSSR count). The van der Waals surface area contributed by atoms with Crippen molar-refractivity contribution in [2.75, 3.05) is 5.32 Å². The maximum absolute atomic E-state index is 11.8. The van der Waals surface area contributed by atoms with Crippen LogP contribution in [0.15, 0.2) is 41.1 Å². The predicted molar refractivity (Wildman–Crippen MR) is 68.7 cm³/mol. The summed E-state index contributed by atoms with van der Waals surface area (Å²) in [5.41, 5.74) is 1.68. The first-order valence-electron chi connectivity index (χ1n) is 5.12. The molecule has 0 fully saturated rings. The van der Waals surface area contributed by atoms with E-state index in [-0.39, 0.29) is 11.7 Å². The highest BCUT2D eigenvalue weighted by atomic mass is 32.1. The Labute approximate surface area is 103 Å². The van der Waals surface area contributed by atoms with Crippen molar-refractivity contribution >= 4 is 28.7 Å². The van der Waals surface area contributed by atoms with E-state index >= 15 is 0 Å². The van der Waals surface area contributed by atoms with Crippen LogP contribution in [0.4, 0.5) is 5.69 Å². The molecule has 1 amide bonds. The van der Waals surface area contributed by atoms with E-state index in [0.29, 0.717) is 16.8 Å². The quantitative estimate of drug-likeness (QED) is 0.844. The Morgan fingerprint density at radius 2 is 1.94 bits per heavy atom. The van der Waals surface area contributed by atoms with E-state index in [4.69, 9.17) is 0 Å². The third kappa shape index (κ3) is 2.60. The van der Waals surface area contributed by atoms with Crippen molar-refractivity contribution in [2.24, 2.45) is 0 Å². The number of carbonyl (C=O) groups is 2. The molecule has 0 saturated carbocycles. The van der Waals surface area contributed by atoms with Crippen molar-refractivity contribution in [2.45, 2.75) is 6.92 Å². The van der Waals surface area contributed by atoms with Gasteiger partial charge in [0.15, 0.2) is 5.78 Å². The molecule has 3 nitrogen and oxygen atoms in total. The lowest BCUT2D eigenvalue weighted by molar-refractivity contribution is 0.101. The molecule has 1 N–H and O–H groups in total. The smallest absolute Gasteiger partial charge is 0.256 e. The topological polar surface area (TPSA) is 46.2 Å². The van der Waals surface area contributed by atoms with Gasteiger partial charge in [-0.3, -0.25) is 9.59 Å². The van der Waals surface area contributed by atoms with Crippen molar-refractivity contribution < 1.29 is 9.59 Å². The zero-order valence-corrected chi connectivity index (χ0v) is 10.1. The summed E-state index contributed by atoms with van der Waals surface area (Å²) in [4.78, 5) is 23.2. The number of benzene rings is 1. The van der Waals surface area contributed by atoms with Crippen LogP contribution < -0.4 is 5.32 Å². The Morgan fingerprint density at radius 1 is 1.18 bits per heavy atom. The molecule has 0 aliphatic heterocycles. The maximum atomic E-state index is 11.8. The fourth-order valence-electron chi connectivity index (χ4n) is 1.49. The number of anilines is 1. The van der Waals surface area contributed by atoms with Crippen LogP contribution in [0.1, 0.15) is 27.6 Å². The van der Waals surface area contributed by atoms with E-state index < -0.39 is 0 Å². The number of Topliss-reactive ketones (excluding diaryl/α,β-unsaturated/α-hetero) is 1. The number of hydrogen-bond acceptors (Lipinski definition) is 3. The number of para-hydroxylation sites is 1. The SMILES string of the molecule is CC(=O)c1ccccc1NC(=O)c1ccsc1. The number of carbonyl (C=O) groups excluding carboxylic acids is 2. The zero-order chi connectivity index (χ0) is 12.3. The van der Waals surface area contributed by atoms with Crippen molar-refractivity contribution in [3.8, 4) is 0 Å². The summed E-state index contributed by atoms with van der Waals surface area (Å²) in [7, 11) is 0. The molecule has 0 unspecified atom stereocenters. The van der Waals surface area contributed by atoms with Gasteiger partial charge >= 0.3 is 0 Å². The largest absolute Gasteiger partial charge is 0.321 e. The molecule has 17 heavy (non-hydrogen) atoms. The van der Waals surface area contributed by atoms with Crippen LogP contribution in [-0.4, -0.2) is 11.7 Å². The molecule has 4 heteroatoms. The monoisotopic (exact) mass is 245 g/mol. The van der Waals surface area contributed by atoms with Crippen LogP contribution in [-0.2, 0) is 0 Å². The fourth-order valence-corrected chi connectivity index (χ4v) is 2.12. The molecule has 0 atom stereocenters. The first-order chi connectivity index (χ1) is 8.18. The molecule has 0 saturated heterocycles. The molecule has 1 aromatic carbocycles. The second kappa shape index (κ2) is 4.93. The summed E-state index contributed by atoms with van der Waals surface area (Å²) in [6.07, 6.45) is 0. The molecule has 2 aromatic rings. The van der Waals surface area contributed by atoms with Crippen LogP contribution in [0.3, 0.4) is 0 Å². The Hall–Kier alpha value is -1.94. The Bertz CT molecular complexity index is 546. The Morgan fingerprint density at radius 3 is 2.59 bits per heavy atom. The first kappa shape index (κ1) is 11.5. The minimum atomic E-state index is -0.194. The standard InChI is InChI=1S/C13H11NO2S/c1-9(15)11-4-2-3-5-12(11)14-13(16)10-6-7-17-8-10/h2-8H,1H3,(H,14,16). The van der Waals surface area contributed by atoms with Crippen LogP contribution in [0.2, 0.25) is 0 Å². The number of rotatable bonds is 3. The zero-order valence-electron chi connectivity index (χ0n) is 9.27. The number of hydrogen-bond donors (Lipinski definition) is 1. The lowest BCUT2D eigenvalue weighted by Crippen LogP contribution is -2.13. The van der Waals surface area contributed by atoms with E-state index in [9.17, 15) is 9.59 Å². The van der Waals surface area contributed by atoms with E-state index in [1.807, 2.05) is 5.38 Å². The summed E-state index contributed by atoms with van der Waals surface area (Å²) >= 11 is 1.46. The number of ketones is 1. The van der Waals surface area contributed by atoms with E-state index in [1.54, 1.807) is 35.7 Å². The van der Waals surface area contributed by atoms with Gasteiger partial charge in [0.25, 0.3) is 5.91 Å². The van der Waals surface area contributed by atoms with Gasteiger partial charge in [0, 0.05) is 10.9 Å². The van der Waals surface area contributed by atoms with Crippen LogP contribution >= 0.6 is 11.3 Å². The minimum Gasteiger partial charge on any atom is -0.321 e. The average molecular weight is 245 g/mol. The maximum Gasteiger partial charge on any atom is 0.256 e. The second-order valence-electron chi connectivity index (χ2n) is 3.57. The summed E-state index contributed by atoms with van der Waals surface area (Å²) in [6, 6.07) is 8.73. The molecule has 0 radical (unpaired) electrons. The van der Waals surface area contributed by atoms with E-state index in [2.05, 4.69) is 5.32 Å². The lowest BCUT2D eigenvalue weighted by atomic mass is 10.1. The van der Waals surface area contributed by atoms with E-state index in [0.717, 1.165) is 0 Å². The van der Waals surface area contributed by atoms with E-state index in [1.165, 1.54) is 18.3 Å². The highest BCUT2D eigenvalue weighted by molar-refractivity contribution is 7.08. The van der Waals surface area contributed by atoms with Crippen molar-refractivity contribution in [3.05, 3.63) is 52.2 Å². The molecular weight excluding hydrogens is 234 g/mol. The molecule has 1 heterocycles. The van der Waals surface area contributed by atoms with Crippen molar-refractivity contribution in [1.29, 1.82) is 0 Å². The van der Waals surface area contributed by atoms with Gasteiger partial charge in [-0.25, -0.2) is 0 Å². The molecule has 0 aliphatic rings. The van der Waals surface area contributed by atoms with Gasteiger partial charge < -0.3 is 5.32 Å². The molecule has 0 spiro atoms. The molecule has 0 aliphatic carbocycles. The lowest BCUT2D eigenvalue weighted by Gasteiger charge is -2.07. The summed E-state index contributed by atoms with van der Waals surface area (Å²) < 4.78 is 0. The molecule has 0 bridgehead atoms. The van der Waals surface area contributed by atoms with Gasteiger partial charge in [0.2, 0.25) is 0 Å². The Kier molecular flexibility index (Phi) is 3.35. The minimum absolute atomic E-state index is 0.0637. The van der Waals surface area contributed by atoms with Gasteiger partial charge in [-0.1, -0.05) is 12.1 Å². The van der Waals surface area contributed by atoms with Crippen LogP contribution in [0.5, 0.6) is 0 Å². The second-order valence-corrected chi connectivity index (χ2v) is 4.35. The molecular formula is C13H11NO2S. The Balaban J connectivity index is 2.25. The van der Waals surface area contributed by atoms with Gasteiger partial charge in [-0.2, -0.15) is 11.3 Å². The summed E-state index contributed by atoms with van der Waals surface area (Å²) in [6.45, 7) is 1.48. The van der Waals surface area contributed by atoms with Crippen LogP contribution in [0.25, 0.3) is 0 Å². The van der Waals surface area contributed by atoms with Crippen molar-refractivity contribution in [1.82, 2.24) is 0 Å². The number of nitrogens with one attached hydrogen (secondary N) is 1. The van der Waals surface area contributed by atoms with Crippen molar-refractivity contribution in [3.63, 3.8) is 0 Å². The van der Waals surface area contributed by atoms with Gasteiger partial charge in [0.1, 0.15) is 0 Å². The highest BCUT2D eigenvalue weighted by Gasteiger charge is 2.10. The van der Waals surface area contributed by atoms with Gasteiger partial charge in [-0.15, -0.1) is 0 Å². The molecule has 1 aromatic heterocycles. The third-order valence-corrected chi connectivity index (χ3v) is 3.02. The average Bonchev–Trinajstić information content (AvgIpc) is 2.83. The summed E-state index contributed by atoms with van der Waals surface area (Å²) in [5.74, 6) is -0.258. The normalized spacial score (nSPS) is 9.94. The predicted octanol–water partition coefficient (Wildman–Crippen LogP) is 3.20. The van der Waals surface area contributed by atoms with Gasteiger partial charge in [0.05, 0.1) is 11.3 Å². The van der Waals surface area contributed by atoms with Gasteiger partial charge in [-0.05, 0) is 30.5 Å².